The van der Waals surface area contributed by atoms with E-state index in [4.69, 9.17) is 14.4 Å². The van der Waals surface area contributed by atoms with E-state index >= 15 is 0 Å². The van der Waals surface area contributed by atoms with Crippen molar-refractivity contribution in [1.29, 1.82) is 0 Å². The molecule has 4 nitrogen and oxygen atoms in total. The molecule has 1 aliphatic heterocycles. The third kappa shape index (κ3) is 7.03. The monoisotopic (exact) mass is 965 g/mol. The number of para-hydroxylation sites is 2. The Morgan fingerprint density at radius 1 is 0.473 bits per heavy atom. The molecule has 1 atom stereocenters. The van der Waals surface area contributed by atoms with Gasteiger partial charge in [-0.05, 0) is 119 Å². The molecule has 0 N–H and O–H groups in total. The molecule has 13 aromatic rings. The van der Waals surface area contributed by atoms with Crippen LogP contribution >= 0.6 is 11.3 Å². The van der Waals surface area contributed by atoms with E-state index in [0.717, 1.165) is 92.5 Å². The van der Waals surface area contributed by atoms with Crippen molar-refractivity contribution in [1.82, 2.24) is 4.57 Å². The molecule has 0 radical (unpaired) electrons. The first-order chi connectivity index (χ1) is 36.7. The highest BCUT2D eigenvalue weighted by Crippen LogP contribution is 2.45. The lowest BCUT2D eigenvalue weighted by molar-refractivity contribution is 0.670. The molecule has 0 saturated carbocycles. The lowest BCUT2D eigenvalue weighted by atomic mass is 9.86. The Morgan fingerprint density at radius 3 is 2.12 bits per heavy atom. The summed E-state index contributed by atoms with van der Waals surface area (Å²) >= 11 is 1.83. The summed E-state index contributed by atoms with van der Waals surface area (Å²) in [6.45, 7) is 0. The van der Waals surface area contributed by atoms with Crippen molar-refractivity contribution in [2.24, 2.45) is 9.98 Å². The van der Waals surface area contributed by atoms with E-state index in [1.807, 2.05) is 11.3 Å². The largest absolute Gasteiger partial charge is 0.455 e. The van der Waals surface area contributed by atoms with Crippen molar-refractivity contribution < 1.29 is 4.42 Å². The molecule has 15 rings (SSSR count). The second kappa shape index (κ2) is 17.4. The maximum absolute atomic E-state index is 6.84. The van der Waals surface area contributed by atoms with E-state index in [1.54, 1.807) is 0 Å². The van der Waals surface area contributed by atoms with Gasteiger partial charge in [0.25, 0.3) is 0 Å². The molecule has 5 heteroatoms. The van der Waals surface area contributed by atoms with E-state index < -0.39 is 0 Å². The predicted octanol–water partition coefficient (Wildman–Crippen LogP) is 18.5. The van der Waals surface area contributed by atoms with E-state index in [1.165, 1.54) is 69.8 Å². The molecular formula is C69H47N3OS. The second-order valence-corrected chi connectivity index (χ2v) is 20.9. The minimum atomic E-state index is 0.330. The summed E-state index contributed by atoms with van der Waals surface area (Å²) in [5.74, 6) is 0.988. The fraction of sp³-hybridized carbons (Fsp3) is 0.0725. The predicted molar refractivity (Wildman–Crippen MR) is 312 cm³/mol. The third-order valence-corrected chi connectivity index (χ3v) is 16.7. The smallest absolute Gasteiger partial charge is 0.160 e. The van der Waals surface area contributed by atoms with Crippen LogP contribution in [-0.2, 0) is 6.42 Å². The van der Waals surface area contributed by atoms with Crippen LogP contribution in [0.5, 0.6) is 0 Å². The van der Waals surface area contributed by atoms with Gasteiger partial charge in [0.1, 0.15) is 11.2 Å². The number of aliphatic imine (C=N–C) groups is 2. The average Bonchev–Trinajstić information content (AvgIpc) is 4.12. The van der Waals surface area contributed by atoms with Crippen molar-refractivity contribution in [2.75, 3.05) is 0 Å². The SMILES string of the molecule is C1=C(c2cccc3sc4ccccc4c23)N=C(c2ccc3c(c2)oc2c(-c4ccccc4)cccc23)N=C(c2cccc(-n3c4ccccc4c4cc5c(cc43)-c3ccccc3C(c3ccccc3)CC5)c2)CC1. The summed E-state index contributed by atoms with van der Waals surface area (Å²) in [4.78, 5) is 11.3. The van der Waals surface area contributed by atoms with Gasteiger partial charge in [-0.1, -0.05) is 176 Å². The van der Waals surface area contributed by atoms with E-state index in [-0.39, 0.29) is 0 Å². The Bertz CT molecular complexity index is 4490. The molecule has 1 unspecified atom stereocenters. The zero-order chi connectivity index (χ0) is 48.7. The first-order valence-electron chi connectivity index (χ1n) is 25.8. The maximum atomic E-state index is 6.84. The van der Waals surface area contributed by atoms with Gasteiger partial charge in [-0.25, -0.2) is 9.98 Å². The lowest BCUT2D eigenvalue weighted by Gasteiger charge is -2.18. The van der Waals surface area contributed by atoms with Crippen LogP contribution < -0.4 is 0 Å². The molecule has 4 heterocycles. The number of benzene rings is 10. The van der Waals surface area contributed by atoms with Crippen LogP contribution in [0, 0.1) is 0 Å². The number of aryl methyl sites for hydroxylation is 1. The molecule has 0 bridgehead atoms. The molecule has 74 heavy (non-hydrogen) atoms. The number of fused-ring (bicyclic) bond motifs is 12. The number of allylic oxidation sites excluding steroid dienone is 1. The number of thiophene rings is 1. The van der Waals surface area contributed by atoms with Crippen molar-refractivity contribution >= 4 is 92.5 Å². The number of furan rings is 1. The summed E-state index contributed by atoms with van der Waals surface area (Å²) in [7, 11) is 0. The Hall–Kier alpha value is -8.90. The first-order valence-corrected chi connectivity index (χ1v) is 26.6. The summed E-state index contributed by atoms with van der Waals surface area (Å²) in [5.41, 5.74) is 19.2. The van der Waals surface area contributed by atoms with Crippen LogP contribution in [0.15, 0.2) is 245 Å². The molecule has 350 valence electrons. The molecule has 2 aliphatic rings. The van der Waals surface area contributed by atoms with Crippen LogP contribution in [-0.4, -0.2) is 16.1 Å². The zero-order valence-electron chi connectivity index (χ0n) is 40.5. The molecule has 3 aromatic heterocycles. The number of hydrogen-bond donors (Lipinski definition) is 0. The molecule has 0 amide bonds. The van der Waals surface area contributed by atoms with E-state index in [9.17, 15) is 0 Å². The van der Waals surface area contributed by atoms with Crippen LogP contribution in [0.4, 0.5) is 0 Å². The minimum Gasteiger partial charge on any atom is -0.455 e. The van der Waals surface area contributed by atoms with Crippen LogP contribution in [0.25, 0.3) is 97.6 Å². The quantitative estimate of drug-likeness (QED) is 0.164. The van der Waals surface area contributed by atoms with Gasteiger partial charge in [-0.15, -0.1) is 11.3 Å². The Balaban J connectivity index is 0.892. The van der Waals surface area contributed by atoms with Gasteiger partial charge in [-0.2, -0.15) is 0 Å². The molecule has 1 aliphatic carbocycles. The Kier molecular flexibility index (Phi) is 10.1. The van der Waals surface area contributed by atoms with Crippen molar-refractivity contribution in [2.45, 2.75) is 31.6 Å². The molecule has 0 spiro atoms. The standard InChI is InChI=1S/C69H47N3OS/c1-3-17-43(18-4-1)49-37-35-45-40-59-53-25-9-11-32-62(53)72(63(59)42-58(45)52-24-8-7-23-51(49)52)48-22-13-21-46(39-48)60-30-16-31-61(56-29-15-34-66-67(56)57-26-10-12-33-65(57)74-66)71-69(70-60)47-36-38-54-55-28-14-27-50(44-19-5-2-6-20-44)68(55)73-64(54)41-47/h1-15,17-29,31-34,36,38-42,49H,16,30,35,37H2. The van der Waals surface area contributed by atoms with E-state index in [0.29, 0.717) is 11.8 Å². The van der Waals surface area contributed by atoms with Gasteiger partial charge < -0.3 is 8.98 Å². The maximum Gasteiger partial charge on any atom is 0.160 e. The van der Waals surface area contributed by atoms with Gasteiger partial charge in [0.15, 0.2) is 5.84 Å². The first kappa shape index (κ1) is 42.8. The van der Waals surface area contributed by atoms with Crippen molar-refractivity contribution in [3.63, 3.8) is 0 Å². The Labute approximate surface area is 432 Å². The molecular weight excluding hydrogens is 919 g/mol. The van der Waals surface area contributed by atoms with Gasteiger partial charge in [0, 0.05) is 70.0 Å². The fourth-order valence-electron chi connectivity index (χ4n) is 12.1. The number of nitrogens with zero attached hydrogens (tertiary/aromatic N) is 3. The summed E-state index contributed by atoms with van der Waals surface area (Å²) in [6.07, 6.45) is 5.91. The normalized spacial score (nSPS) is 14.9. The minimum absolute atomic E-state index is 0.330. The zero-order valence-corrected chi connectivity index (χ0v) is 41.3. The summed E-state index contributed by atoms with van der Waals surface area (Å²) in [6, 6.07) is 81.7. The fourth-order valence-corrected chi connectivity index (χ4v) is 13.3. The van der Waals surface area contributed by atoms with Gasteiger partial charge >= 0.3 is 0 Å². The highest BCUT2D eigenvalue weighted by atomic mass is 32.1. The van der Waals surface area contributed by atoms with Crippen molar-refractivity contribution in [3.05, 3.63) is 264 Å². The molecule has 0 saturated heterocycles. The lowest BCUT2D eigenvalue weighted by Crippen LogP contribution is -2.10. The molecule has 0 fully saturated rings. The summed E-state index contributed by atoms with van der Waals surface area (Å²) in [5, 5.41) is 7.19. The molecule has 10 aromatic carbocycles. The van der Waals surface area contributed by atoms with Crippen LogP contribution in [0.1, 0.15) is 58.6 Å². The van der Waals surface area contributed by atoms with Gasteiger partial charge in [-0.3, -0.25) is 0 Å². The number of rotatable bonds is 6. The number of hydrogen-bond acceptors (Lipinski definition) is 4. The van der Waals surface area contributed by atoms with Gasteiger partial charge in [0.2, 0.25) is 0 Å². The number of amidine groups is 1. The summed E-state index contributed by atoms with van der Waals surface area (Å²) < 4.78 is 11.8. The van der Waals surface area contributed by atoms with Crippen LogP contribution in [0.2, 0.25) is 0 Å². The highest BCUT2D eigenvalue weighted by molar-refractivity contribution is 7.25. The van der Waals surface area contributed by atoms with E-state index in [2.05, 4.69) is 235 Å². The number of aromatic nitrogens is 1. The van der Waals surface area contributed by atoms with Crippen molar-refractivity contribution in [3.8, 4) is 27.9 Å². The average molecular weight is 966 g/mol. The van der Waals surface area contributed by atoms with Crippen LogP contribution in [0.3, 0.4) is 0 Å². The topological polar surface area (TPSA) is 42.8 Å². The highest BCUT2D eigenvalue weighted by Gasteiger charge is 2.26. The third-order valence-electron chi connectivity index (χ3n) is 15.6. The van der Waals surface area contributed by atoms with Gasteiger partial charge in [0.05, 0.1) is 22.4 Å². The second-order valence-electron chi connectivity index (χ2n) is 19.8. The Morgan fingerprint density at radius 2 is 1.20 bits per heavy atom.